The molecule has 0 saturated carbocycles. The van der Waals surface area contributed by atoms with E-state index in [1.165, 1.54) is 6.42 Å². The molecule has 6 heteroatoms. The van der Waals surface area contributed by atoms with Crippen molar-refractivity contribution in [1.29, 1.82) is 0 Å². The Hall–Kier alpha value is -0.850. The standard InChI is InChI=1S/C17H38N4O2/c1-5-8-13-22-15-16-23-14-11-20-17(18-4)19-10-9-12-21(6-2)7-3/h5-16H2,1-4H3,(H2,18,19,20). The maximum Gasteiger partial charge on any atom is 0.191 e. The average Bonchev–Trinajstić information content (AvgIpc) is 2.58. The van der Waals surface area contributed by atoms with Crippen LogP contribution in [0.5, 0.6) is 0 Å². The minimum absolute atomic E-state index is 0.654. The van der Waals surface area contributed by atoms with Gasteiger partial charge < -0.3 is 25.0 Å². The van der Waals surface area contributed by atoms with Crippen LogP contribution < -0.4 is 10.6 Å². The lowest BCUT2D eigenvalue weighted by Crippen LogP contribution is -2.40. The molecule has 0 heterocycles. The molecule has 2 N–H and O–H groups in total. The summed E-state index contributed by atoms with van der Waals surface area (Å²) >= 11 is 0. The van der Waals surface area contributed by atoms with Crippen LogP contribution in [0, 0.1) is 0 Å². The van der Waals surface area contributed by atoms with Crippen LogP contribution >= 0.6 is 0 Å². The topological polar surface area (TPSA) is 58.1 Å². The van der Waals surface area contributed by atoms with Crippen molar-refractivity contribution in [1.82, 2.24) is 15.5 Å². The second kappa shape index (κ2) is 17.5. The van der Waals surface area contributed by atoms with E-state index in [0.29, 0.717) is 19.8 Å². The summed E-state index contributed by atoms with van der Waals surface area (Å²) in [7, 11) is 1.79. The quantitative estimate of drug-likeness (QED) is 0.272. The summed E-state index contributed by atoms with van der Waals surface area (Å²) in [5.74, 6) is 0.840. The highest BCUT2D eigenvalue weighted by atomic mass is 16.5. The highest BCUT2D eigenvalue weighted by Crippen LogP contribution is 1.89. The molecule has 0 aromatic carbocycles. The molecule has 138 valence electrons. The highest BCUT2D eigenvalue weighted by molar-refractivity contribution is 5.79. The van der Waals surface area contributed by atoms with E-state index in [-0.39, 0.29) is 0 Å². The van der Waals surface area contributed by atoms with Gasteiger partial charge in [-0.1, -0.05) is 27.2 Å². The normalized spacial score (nSPS) is 12.0. The van der Waals surface area contributed by atoms with Gasteiger partial charge in [0.2, 0.25) is 0 Å². The van der Waals surface area contributed by atoms with Gasteiger partial charge in [0.25, 0.3) is 0 Å². The van der Waals surface area contributed by atoms with E-state index in [1.54, 1.807) is 7.05 Å². The first kappa shape index (κ1) is 22.1. The third kappa shape index (κ3) is 14.5. The molecule has 0 spiro atoms. The number of hydrogen-bond donors (Lipinski definition) is 2. The molecule has 0 aliphatic rings. The Balaban J connectivity index is 3.45. The van der Waals surface area contributed by atoms with Gasteiger partial charge >= 0.3 is 0 Å². The van der Waals surface area contributed by atoms with Crippen molar-refractivity contribution in [3.05, 3.63) is 0 Å². The van der Waals surface area contributed by atoms with Crippen molar-refractivity contribution in [3.8, 4) is 0 Å². The summed E-state index contributed by atoms with van der Waals surface area (Å²) < 4.78 is 11.0. The van der Waals surface area contributed by atoms with E-state index in [0.717, 1.165) is 58.1 Å². The summed E-state index contributed by atoms with van der Waals surface area (Å²) in [5.41, 5.74) is 0. The second-order valence-corrected chi connectivity index (χ2v) is 5.38. The minimum Gasteiger partial charge on any atom is -0.379 e. The Kier molecular flexibility index (Phi) is 16.9. The predicted octanol–water partition coefficient (Wildman–Crippen LogP) is 1.72. The smallest absolute Gasteiger partial charge is 0.191 e. The molecule has 0 atom stereocenters. The van der Waals surface area contributed by atoms with Crippen molar-refractivity contribution in [2.75, 3.05) is 66.2 Å². The lowest BCUT2D eigenvalue weighted by molar-refractivity contribution is 0.0487. The van der Waals surface area contributed by atoms with Crippen molar-refractivity contribution in [2.45, 2.75) is 40.0 Å². The zero-order chi connectivity index (χ0) is 17.2. The number of rotatable bonds is 15. The third-order valence-corrected chi connectivity index (χ3v) is 3.61. The van der Waals surface area contributed by atoms with Crippen LogP contribution in [0.15, 0.2) is 4.99 Å². The number of nitrogens with one attached hydrogen (secondary N) is 2. The van der Waals surface area contributed by atoms with Crippen molar-refractivity contribution in [2.24, 2.45) is 4.99 Å². The molecule has 0 radical (unpaired) electrons. The van der Waals surface area contributed by atoms with Gasteiger partial charge in [-0.25, -0.2) is 0 Å². The Morgan fingerprint density at radius 2 is 1.52 bits per heavy atom. The zero-order valence-electron chi connectivity index (χ0n) is 15.7. The lowest BCUT2D eigenvalue weighted by Gasteiger charge is -2.18. The molecule has 0 fully saturated rings. The summed E-state index contributed by atoms with van der Waals surface area (Å²) in [5, 5.41) is 6.59. The third-order valence-electron chi connectivity index (χ3n) is 3.61. The molecule has 6 nitrogen and oxygen atoms in total. The number of ether oxygens (including phenoxy) is 2. The molecule has 0 unspecified atom stereocenters. The molecule has 0 amide bonds. The van der Waals surface area contributed by atoms with Gasteiger partial charge in [0.15, 0.2) is 5.96 Å². The number of guanidine groups is 1. The van der Waals surface area contributed by atoms with Crippen LogP contribution in [0.3, 0.4) is 0 Å². The van der Waals surface area contributed by atoms with Crippen LogP contribution in [-0.4, -0.2) is 77.1 Å². The summed E-state index contributed by atoms with van der Waals surface area (Å²) in [4.78, 5) is 6.64. The first-order valence-electron chi connectivity index (χ1n) is 9.10. The van der Waals surface area contributed by atoms with Crippen LogP contribution in [0.2, 0.25) is 0 Å². The van der Waals surface area contributed by atoms with Gasteiger partial charge in [-0.3, -0.25) is 4.99 Å². The lowest BCUT2D eigenvalue weighted by atomic mass is 10.3. The molecule has 0 saturated heterocycles. The monoisotopic (exact) mass is 330 g/mol. The van der Waals surface area contributed by atoms with Gasteiger partial charge in [0.05, 0.1) is 19.8 Å². The fourth-order valence-electron chi connectivity index (χ4n) is 2.08. The molecule has 0 rings (SSSR count). The number of nitrogens with zero attached hydrogens (tertiary/aromatic N) is 2. The van der Waals surface area contributed by atoms with Crippen LogP contribution in [0.4, 0.5) is 0 Å². The minimum atomic E-state index is 0.654. The molecule has 0 aromatic heterocycles. The van der Waals surface area contributed by atoms with Gasteiger partial charge in [0, 0.05) is 26.7 Å². The van der Waals surface area contributed by atoms with Crippen molar-refractivity contribution >= 4 is 5.96 Å². The first-order chi connectivity index (χ1) is 11.3. The fraction of sp³-hybridized carbons (Fsp3) is 0.941. The maximum absolute atomic E-state index is 5.52. The summed E-state index contributed by atoms with van der Waals surface area (Å²) in [6, 6.07) is 0. The Bertz CT molecular complexity index is 271. The largest absolute Gasteiger partial charge is 0.379 e. The van der Waals surface area contributed by atoms with Crippen molar-refractivity contribution in [3.63, 3.8) is 0 Å². The molecular formula is C17H38N4O2. The molecule has 23 heavy (non-hydrogen) atoms. The average molecular weight is 331 g/mol. The summed E-state index contributed by atoms with van der Waals surface area (Å²) in [6.45, 7) is 14.4. The zero-order valence-corrected chi connectivity index (χ0v) is 15.7. The van der Waals surface area contributed by atoms with Gasteiger partial charge in [-0.2, -0.15) is 0 Å². The van der Waals surface area contributed by atoms with Crippen molar-refractivity contribution < 1.29 is 9.47 Å². The van der Waals surface area contributed by atoms with Gasteiger partial charge in [-0.05, 0) is 32.5 Å². The van der Waals surface area contributed by atoms with E-state index < -0.39 is 0 Å². The Morgan fingerprint density at radius 3 is 2.13 bits per heavy atom. The number of hydrogen-bond acceptors (Lipinski definition) is 4. The van der Waals surface area contributed by atoms with E-state index >= 15 is 0 Å². The van der Waals surface area contributed by atoms with Crippen LogP contribution in [-0.2, 0) is 9.47 Å². The molecule has 0 aliphatic carbocycles. The Morgan fingerprint density at radius 1 is 0.870 bits per heavy atom. The Labute approximate surface area is 143 Å². The van der Waals surface area contributed by atoms with Crippen LogP contribution in [0.1, 0.15) is 40.0 Å². The maximum atomic E-state index is 5.52. The van der Waals surface area contributed by atoms with E-state index in [9.17, 15) is 0 Å². The first-order valence-corrected chi connectivity index (χ1v) is 9.10. The van der Waals surface area contributed by atoms with E-state index in [4.69, 9.17) is 9.47 Å². The van der Waals surface area contributed by atoms with E-state index in [2.05, 4.69) is 41.3 Å². The molecular weight excluding hydrogens is 292 g/mol. The number of unbranched alkanes of at least 4 members (excludes halogenated alkanes) is 1. The van der Waals surface area contributed by atoms with E-state index in [1.807, 2.05) is 0 Å². The van der Waals surface area contributed by atoms with Crippen LogP contribution in [0.25, 0.3) is 0 Å². The second-order valence-electron chi connectivity index (χ2n) is 5.38. The van der Waals surface area contributed by atoms with Gasteiger partial charge in [-0.15, -0.1) is 0 Å². The van der Waals surface area contributed by atoms with Gasteiger partial charge in [0.1, 0.15) is 0 Å². The predicted molar refractivity (Wildman–Crippen MR) is 98.3 cm³/mol. The molecule has 0 aliphatic heterocycles. The number of aliphatic imine (C=N–C) groups is 1. The fourth-order valence-corrected chi connectivity index (χ4v) is 2.08. The molecule has 0 aromatic rings. The summed E-state index contributed by atoms with van der Waals surface area (Å²) in [6.07, 6.45) is 3.41. The SMILES string of the molecule is CCCCOCCOCCNC(=NC)NCCCN(CC)CC. The highest BCUT2D eigenvalue weighted by Gasteiger charge is 2.00. The molecule has 0 bridgehead atoms.